The molecule has 0 saturated carbocycles. The summed E-state index contributed by atoms with van der Waals surface area (Å²) in [6, 6.07) is 14.3. The number of aromatic amines is 1. The Hall–Kier alpha value is -3.32. The van der Waals surface area contributed by atoms with E-state index in [2.05, 4.69) is 17.1 Å². The Morgan fingerprint density at radius 3 is 2.63 bits per heavy atom. The van der Waals surface area contributed by atoms with Crippen LogP contribution in [0.1, 0.15) is 47.4 Å². The highest BCUT2D eigenvalue weighted by Gasteiger charge is 2.42. The summed E-state index contributed by atoms with van der Waals surface area (Å²) in [5.74, 6) is 0.722. The number of aliphatic hydroxyl groups excluding tert-OH is 1. The Balaban J connectivity index is 1.78. The van der Waals surface area contributed by atoms with Crippen LogP contribution < -0.4 is 4.74 Å². The number of nitrogens with one attached hydrogen (secondary N) is 1. The molecule has 1 atom stereocenters. The van der Waals surface area contributed by atoms with E-state index < -0.39 is 0 Å². The third-order valence-corrected chi connectivity index (χ3v) is 5.25. The Kier molecular flexibility index (Phi) is 5.72. The third-order valence-electron chi connectivity index (χ3n) is 5.25. The lowest BCUT2D eigenvalue weighted by molar-refractivity contribution is 0.0732. The van der Waals surface area contributed by atoms with Gasteiger partial charge in [0.25, 0.3) is 5.91 Å². The summed E-state index contributed by atoms with van der Waals surface area (Å²) in [5, 5.41) is 26.9. The third kappa shape index (κ3) is 3.52. The number of para-hydroxylation sites is 1. The van der Waals surface area contributed by atoms with Gasteiger partial charge in [-0.2, -0.15) is 5.10 Å². The van der Waals surface area contributed by atoms with Crippen LogP contribution in [-0.2, 0) is 0 Å². The first kappa shape index (κ1) is 20.0. The van der Waals surface area contributed by atoms with Gasteiger partial charge in [-0.3, -0.25) is 9.89 Å². The van der Waals surface area contributed by atoms with Crippen molar-refractivity contribution in [3.63, 3.8) is 0 Å². The first-order valence-electron chi connectivity index (χ1n) is 10.2. The summed E-state index contributed by atoms with van der Waals surface area (Å²) in [4.78, 5) is 14.9. The van der Waals surface area contributed by atoms with Crippen molar-refractivity contribution < 1.29 is 19.7 Å². The number of phenolic OH excluding ortho intramolecular Hbond substituents is 1. The second kappa shape index (κ2) is 8.59. The number of aromatic hydroxyl groups is 1. The molecule has 0 fully saturated rings. The van der Waals surface area contributed by atoms with Crippen molar-refractivity contribution in [3.8, 4) is 22.8 Å². The number of phenols is 1. The highest BCUT2D eigenvalue weighted by Crippen LogP contribution is 2.44. The first-order valence-corrected chi connectivity index (χ1v) is 10.2. The smallest absolute Gasteiger partial charge is 0.273 e. The van der Waals surface area contributed by atoms with Crippen molar-refractivity contribution in [1.82, 2.24) is 15.1 Å². The number of amides is 1. The van der Waals surface area contributed by atoms with Crippen molar-refractivity contribution in [3.05, 3.63) is 65.4 Å². The minimum Gasteiger partial charge on any atom is -0.507 e. The fraction of sp³-hybridized carbons (Fsp3) is 0.304. The van der Waals surface area contributed by atoms with Crippen LogP contribution in [0.2, 0.25) is 0 Å². The van der Waals surface area contributed by atoms with Gasteiger partial charge in [0.2, 0.25) is 0 Å². The molecule has 3 aromatic rings. The normalized spacial score (nSPS) is 15.5. The van der Waals surface area contributed by atoms with Crippen LogP contribution in [0.25, 0.3) is 11.3 Å². The van der Waals surface area contributed by atoms with E-state index in [1.807, 2.05) is 30.3 Å². The molecule has 4 rings (SSSR count). The number of fused-ring (bicyclic) bond motifs is 1. The number of ether oxygens (including phenoxy) is 1. The number of hydrogen-bond acceptors (Lipinski definition) is 5. The van der Waals surface area contributed by atoms with Gasteiger partial charge in [-0.15, -0.1) is 0 Å². The predicted octanol–water partition coefficient (Wildman–Crippen LogP) is 3.50. The molecule has 0 bridgehead atoms. The standard InChI is InChI=1S/C23H25N3O4/c1-2-14-30-16-10-8-15(9-11-16)22-19-20(17-6-3-4-7-18(17)28)24-25-21(19)23(29)26(22)12-5-13-27/h3-4,6-11,22,27-28H,2,5,12-14H2,1H3,(H,24,25)/t22-/m1/s1. The van der Waals surface area contributed by atoms with E-state index in [4.69, 9.17) is 4.74 Å². The van der Waals surface area contributed by atoms with Crippen molar-refractivity contribution in [2.45, 2.75) is 25.8 Å². The van der Waals surface area contributed by atoms with Gasteiger partial charge in [0, 0.05) is 24.3 Å². The van der Waals surface area contributed by atoms with Gasteiger partial charge in [-0.1, -0.05) is 31.2 Å². The second-order valence-corrected chi connectivity index (χ2v) is 7.27. The second-order valence-electron chi connectivity index (χ2n) is 7.27. The average Bonchev–Trinajstić information content (AvgIpc) is 3.30. The van der Waals surface area contributed by atoms with Crippen LogP contribution in [0.15, 0.2) is 48.5 Å². The summed E-state index contributed by atoms with van der Waals surface area (Å²) < 4.78 is 5.68. The van der Waals surface area contributed by atoms with Crippen LogP contribution >= 0.6 is 0 Å². The molecule has 1 amide bonds. The summed E-state index contributed by atoms with van der Waals surface area (Å²) in [6.45, 7) is 3.11. The van der Waals surface area contributed by atoms with Gasteiger partial charge in [0.15, 0.2) is 0 Å². The Morgan fingerprint density at radius 2 is 1.93 bits per heavy atom. The van der Waals surface area contributed by atoms with Crippen LogP contribution in [-0.4, -0.2) is 51.0 Å². The highest BCUT2D eigenvalue weighted by molar-refractivity contribution is 6.00. The molecule has 7 nitrogen and oxygen atoms in total. The lowest BCUT2D eigenvalue weighted by Crippen LogP contribution is -2.31. The fourth-order valence-electron chi connectivity index (χ4n) is 3.86. The van der Waals surface area contributed by atoms with Crippen LogP contribution in [0, 0.1) is 0 Å². The molecule has 30 heavy (non-hydrogen) atoms. The topological polar surface area (TPSA) is 98.7 Å². The Bertz CT molecular complexity index is 1030. The van der Waals surface area contributed by atoms with Gasteiger partial charge in [-0.25, -0.2) is 0 Å². The molecule has 7 heteroatoms. The summed E-state index contributed by atoms with van der Waals surface area (Å²) in [7, 11) is 0. The number of nitrogens with zero attached hydrogens (tertiary/aromatic N) is 2. The monoisotopic (exact) mass is 407 g/mol. The zero-order valence-corrected chi connectivity index (χ0v) is 16.8. The van der Waals surface area contributed by atoms with E-state index in [1.165, 1.54) is 0 Å². The van der Waals surface area contributed by atoms with Crippen molar-refractivity contribution in [2.24, 2.45) is 0 Å². The molecule has 1 aliphatic rings. The molecular weight excluding hydrogens is 382 g/mol. The Morgan fingerprint density at radius 1 is 1.17 bits per heavy atom. The quantitative estimate of drug-likeness (QED) is 0.531. The largest absolute Gasteiger partial charge is 0.507 e. The van der Waals surface area contributed by atoms with E-state index in [1.54, 1.807) is 23.1 Å². The van der Waals surface area contributed by atoms with Gasteiger partial charge in [0.05, 0.1) is 12.6 Å². The maximum absolute atomic E-state index is 13.1. The molecule has 0 spiro atoms. The van der Waals surface area contributed by atoms with Crippen LogP contribution in [0.3, 0.4) is 0 Å². The number of hydrogen-bond donors (Lipinski definition) is 3. The van der Waals surface area contributed by atoms with Gasteiger partial charge < -0.3 is 19.8 Å². The predicted molar refractivity (Wildman–Crippen MR) is 112 cm³/mol. The molecule has 0 saturated heterocycles. The van der Waals surface area contributed by atoms with Crippen LogP contribution in [0.5, 0.6) is 11.5 Å². The van der Waals surface area contributed by atoms with Crippen molar-refractivity contribution in [2.75, 3.05) is 19.8 Å². The van der Waals surface area contributed by atoms with E-state index in [-0.39, 0.29) is 24.3 Å². The molecule has 0 radical (unpaired) electrons. The zero-order valence-electron chi connectivity index (χ0n) is 16.8. The lowest BCUT2D eigenvalue weighted by Gasteiger charge is -2.26. The number of aliphatic hydroxyl groups is 1. The molecule has 156 valence electrons. The van der Waals surface area contributed by atoms with Gasteiger partial charge in [0.1, 0.15) is 22.9 Å². The summed E-state index contributed by atoms with van der Waals surface area (Å²) >= 11 is 0. The number of carbonyl (C=O) groups is 1. The molecule has 2 aromatic carbocycles. The maximum atomic E-state index is 13.1. The highest BCUT2D eigenvalue weighted by atomic mass is 16.5. The van der Waals surface area contributed by atoms with E-state index in [9.17, 15) is 15.0 Å². The number of rotatable bonds is 8. The zero-order chi connectivity index (χ0) is 21.1. The summed E-state index contributed by atoms with van der Waals surface area (Å²) in [6.07, 6.45) is 1.40. The fourth-order valence-corrected chi connectivity index (χ4v) is 3.86. The maximum Gasteiger partial charge on any atom is 0.273 e. The lowest BCUT2D eigenvalue weighted by atomic mass is 9.95. The van der Waals surface area contributed by atoms with Crippen molar-refractivity contribution >= 4 is 5.91 Å². The molecule has 0 unspecified atom stereocenters. The van der Waals surface area contributed by atoms with Crippen LogP contribution in [0.4, 0.5) is 0 Å². The van der Waals surface area contributed by atoms with E-state index in [0.717, 1.165) is 23.3 Å². The van der Waals surface area contributed by atoms with E-state index in [0.29, 0.717) is 36.5 Å². The molecule has 3 N–H and O–H groups in total. The number of aromatic nitrogens is 2. The van der Waals surface area contributed by atoms with Gasteiger partial charge >= 0.3 is 0 Å². The average molecular weight is 407 g/mol. The number of benzene rings is 2. The first-order chi connectivity index (χ1) is 14.7. The minimum absolute atomic E-state index is 0.00118. The number of H-pyrrole nitrogens is 1. The minimum atomic E-state index is -0.368. The summed E-state index contributed by atoms with van der Waals surface area (Å²) in [5.41, 5.74) is 3.20. The van der Waals surface area contributed by atoms with E-state index >= 15 is 0 Å². The molecule has 1 aliphatic heterocycles. The van der Waals surface area contributed by atoms with Gasteiger partial charge in [-0.05, 0) is 42.7 Å². The molecule has 1 aromatic heterocycles. The number of carbonyl (C=O) groups excluding carboxylic acids is 1. The SMILES string of the molecule is CCCOc1ccc([C@@H]2c3c(-c4ccccc4O)n[nH]c3C(=O)N2CCCO)cc1. The van der Waals surface area contributed by atoms with Crippen molar-refractivity contribution in [1.29, 1.82) is 0 Å². The Labute approximate surface area is 174 Å². The molecule has 2 heterocycles. The molecule has 0 aliphatic carbocycles. The molecular formula is C23H25N3O4.